The van der Waals surface area contributed by atoms with E-state index in [1.807, 2.05) is 20.8 Å². The van der Waals surface area contributed by atoms with Crippen molar-refractivity contribution in [2.75, 3.05) is 26.2 Å². The van der Waals surface area contributed by atoms with Crippen LogP contribution in [0.15, 0.2) is 83.2 Å². The molecule has 0 saturated carbocycles. The summed E-state index contributed by atoms with van der Waals surface area (Å²) >= 11 is 0. The Hall–Kier alpha value is -3.38. The lowest BCUT2D eigenvalue weighted by atomic mass is 9.88. The number of nitrogens with one attached hydrogen (secondary N) is 1. The second-order valence-corrected chi connectivity index (χ2v) is 10.3. The molecule has 6 nitrogen and oxygen atoms in total. The lowest BCUT2D eigenvalue weighted by Crippen LogP contribution is -2.37. The standard InChI is InChI=1S/C31H38N2O4/c1-5-36-29(34)27-20-28(23(3)32-22(27)2)30(35)37-31(4)17-19-33(21-31)18-16-26(24-12-8-6-9-13-24)25-14-10-7-11-15-25/h6-15,26,32H,5,16-21H2,1-4H3. The third-order valence-electron chi connectivity index (χ3n) is 7.39. The van der Waals surface area contributed by atoms with E-state index >= 15 is 0 Å². The zero-order chi connectivity index (χ0) is 26.4. The summed E-state index contributed by atoms with van der Waals surface area (Å²) in [5, 5.41) is 3.16. The highest BCUT2D eigenvalue weighted by atomic mass is 16.6. The average Bonchev–Trinajstić information content (AvgIpc) is 3.25. The first-order chi connectivity index (χ1) is 17.8. The number of nitrogens with zero attached hydrogens (tertiary/aromatic N) is 1. The van der Waals surface area contributed by atoms with Crippen molar-refractivity contribution in [3.63, 3.8) is 0 Å². The van der Waals surface area contributed by atoms with Crippen LogP contribution < -0.4 is 5.32 Å². The van der Waals surface area contributed by atoms with Gasteiger partial charge in [-0.2, -0.15) is 0 Å². The highest BCUT2D eigenvalue weighted by Crippen LogP contribution is 2.32. The van der Waals surface area contributed by atoms with Gasteiger partial charge in [0.25, 0.3) is 0 Å². The number of hydrogen-bond donors (Lipinski definition) is 1. The monoisotopic (exact) mass is 502 g/mol. The van der Waals surface area contributed by atoms with E-state index in [4.69, 9.17) is 9.47 Å². The molecule has 0 radical (unpaired) electrons. The van der Waals surface area contributed by atoms with E-state index in [2.05, 4.69) is 70.9 Å². The number of likely N-dealkylation sites (tertiary alicyclic amines) is 1. The quantitative estimate of drug-likeness (QED) is 0.468. The fraction of sp³-hybridized carbons (Fsp3) is 0.419. The minimum atomic E-state index is -0.570. The Bertz CT molecular complexity index is 1130. The molecule has 0 bridgehead atoms. The van der Waals surface area contributed by atoms with Gasteiger partial charge >= 0.3 is 11.9 Å². The molecule has 2 aromatic rings. The Labute approximate surface area is 220 Å². The molecule has 196 valence electrons. The van der Waals surface area contributed by atoms with E-state index in [9.17, 15) is 9.59 Å². The summed E-state index contributed by atoms with van der Waals surface area (Å²) in [6, 6.07) is 21.3. The fourth-order valence-electron chi connectivity index (χ4n) is 5.34. The molecule has 2 heterocycles. The number of dihydropyridines is 1. The fourth-order valence-corrected chi connectivity index (χ4v) is 5.34. The van der Waals surface area contributed by atoms with E-state index < -0.39 is 11.6 Å². The van der Waals surface area contributed by atoms with Crippen molar-refractivity contribution in [1.82, 2.24) is 10.2 Å². The number of esters is 2. The van der Waals surface area contributed by atoms with Crippen molar-refractivity contribution in [2.45, 2.75) is 58.5 Å². The van der Waals surface area contributed by atoms with E-state index in [-0.39, 0.29) is 12.4 Å². The van der Waals surface area contributed by atoms with Crippen LogP contribution in [-0.2, 0) is 19.1 Å². The predicted molar refractivity (Wildman–Crippen MR) is 145 cm³/mol. The molecule has 4 rings (SSSR count). The number of carbonyl (C=O) groups is 2. The third kappa shape index (κ3) is 6.50. The molecular formula is C31H38N2O4. The molecule has 1 saturated heterocycles. The van der Waals surface area contributed by atoms with Crippen LogP contribution in [0.2, 0.25) is 0 Å². The summed E-state index contributed by atoms with van der Waals surface area (Å²) in [5.74, 6) is -0.445. The van der Waals surface area contributed by atoms with Crippen LogP contribution in [0.3, 0.4) is 0 Å². The van der Waals surface area contributed by atoms with Gasteiger partial charge in [-0.1, -0.05) is 60.7 Å². The van der Waals surface area contributed by atoms with E-state index in [0.717, 1.165) is 37.3 Å². The van der Waals surface area contributed by atoms with Gasteiger partial charge in [-0.05, 0) is 51.8 Å². The largest absolute Gasteiger partial charge is 0.463 e. The number of benzene rings is 2. The molecule has 0 spiro atoms. The summed E-state index contributed by atoms with van der Waals surface area (Å²) in [7, 11) is 0. The van der Waals surface area contributed by atoms with Crippen LogP contribution in [0.5, 0.6) is 0 Å². The first kappa shape index (κ1) is 26.7. The summed E-state index contributed by atoms with van der Waals surface area (Å²) in [4.78, 5) is 28.0. The van der Waals surface area contributed by atoms with Crippen molar-refractivity contribution < 1.29 is 19.1 Å². The molecular weight excluding hydrogens is 464 g/mol. The van der Waals surface area contributed by atoms with Crippen molar-refractivity contribution >= 4 is 11.9 Å². The van der Waals surface area contributed by atoms with Crippen LogP contribution in [0, 0.1) is 0 Å². The number of carbonyl (C=O) groups excluding carboxylic acids is 2. The molecule has 2 aliphatic heterocycles. The van der Waals surface area contributed by atoms with Gasteiger partial charge in [-0.15, -0.1) is 0 Å². The second-order valence-electron chi connectivity index (χ2n) is 10.3. The molecule has 1 fully saturated rings. The van der Waals surface area contributed by atoms with E-state index in [1.54, 1.807) is 6.92 Å². The van der Waals surface area contributed by atoms with Crippen molar-refractivity contribution in [1.29, 1.82) is 0 Å². The summed E-state index contributed by atoms with van der Waals surface area (Å²) in [5.41, 5.74) is 4.47. The predicted octanol–water partition coefficient (Wildman–Crippen LogP) is 5.32. The van der Waals surface area contributed by atoms with Gasteiger partial charge in [-0.25, -0.2) is 9.59 Å². The lowest BCUT2D eigenvalue weighted by Gasteiger charge is -2.28. The van der Waals surface area contributed by atoms with Crippen LogP contribution in [0.4, 0.5) is 0 Å². The number of allylic oxidation sites excluding steroid dienone is 2. The van der Waals surface area contributed by atoms with E-state index in [1.165, 1.54) is 11.1 Å². The molecule has 1 N–H and O–H groups in total. The Morgan fingerprint density at radius 2 is 1.51 bits per heavy atom. The molecule has 37 heavy (non-hydrogen) atoms. The number of rotatable bonds is 9. The number of hydrogen-bond acceptors (Lipinski definition) is 6. The van der Waals surface area contributed by atoms with Crippen molar-refractivity contribution in [2.24, 2.45) is 0 Å². The normalized spacial score (nSPS) is 20.2. The van der Waals surface area contributed by atoms with Gasteiger partial charge < -0.3 is 14.8 Å². The Kier molecular flexibility index (Phi) is 8.49. The highest BCUT2D eigenvalue weighted by molar-refractivity contribution is 5.96. The SMILES string of the molecule is CCOC(=O)C1=C(C)NC(C)=C(C(=O)OC2(C)CCN(CCC(c3ccccc3)c3ccccc3)C2)C1. The van der Waals surface area contributed by atoms with Gasteiger partial charge in [0.1, 0.15) is 5.60 Å². The third-order valence-corrected chi connectivity index (χ3v) is 7.39. The molecule has 0 aliphatic carbocycles. The Morgan fingerprint density at radius 3 is 2.08 bits per heavy atom. The van der Waals surface area contributed by atoms with Crippen molar-refractivity contribution in [3.05, 3.63) is 94.3 Å². The molecule has 6 heteroatoms. The topological polar surface area (TPSA) is 67.9 Å². The minimum absolute atomic E-state index is 0.220. The Balaban J connectivity index is 1.38. The summed E-state index contributed by atoms with van der Waals surface area (Å²) in [6.45, 7) is 10.2. The smallest absolute Gasteiger partial charge is 0.336 e. The molecule has 2 aliphatic rings. The van der Waals surface area contributed by atoms with Gasteiger partial charge in [-0.3, -0.25) is 4.90 Å². The minimum Gasteiger partial charge on any atom is -0.463 e. The van der Waals surface area contributed by atoms with Gasteiger partial charge in [0.2, 0.25) is 0 Å². The van der Waals surface area contributed by atoms with Crippen LogP contribution in [0.1, 0.15) is 64.0 Å². The second kappa shape index (κ2) is 11.8. The maximum atomic E-state index is 13.2. The molecule has 2 aromatic carbocycles. The van der Waals surface area contributed by atoms with Gasteiger partial charge in [0.15, 0.2) is 0 Å². The first-order valence-electron chi connectivity index (χ1n) is 13.2. The molecule has 1 atom stereocenters. The van der Waals surface area contributed by atoms with Crippen LogP contribution in [-0.4, -0.2) is 48.7 Å². The highest BCUT2D eigenvalue weighted by Gasteiger charge is 2.39. The lowest BCUT2D eigenvalue weighted by molar-refractivity contribution is -0.152. The zero-order valence-electron chi connectivity index (χ0n) is 22.4. The van der Waals surface area contributed by atoms with Crippen LogP contribution >= 0.6 is 0 Å². The molecule has 0 aromatic heterocycles. The average molecular weight is 503 g/mol. The summed E-state index contributed by atoms with van der Waals surface area (Å²) < 4.78 is 11.3. The summed E-state index contributed by atoms with van der Waals surface area (Å²) in [6.07, 6.45) is 1.98. The number of ether oxygens (including phenoxy) is 2. The maximum absolute atomic E-state index is 13.2. The first-order valence-corrected chi connectivity index (χ1v) is 13.2. The van der Waals surface area contributed by atoms with E-state index in [0.29, 0.717) is 30.2 Å². The van der Waals surface area contributed by atoms with Crippen molar-refractivity contribution in [3.8, 4) is 0 Å². The maximum Gasteiger partial charge on any atom is 0.336 e. The van der Waals surface area contributed by atoms with Crippen LogP contribution in [0.25, 0.3) is 0 Å². The molecule has 0 amide bonds. The van der Waals surface area contributed by atoms with Gasteiger partial charge in [0.05, 0.1) is 17.8 Å². The molecule has 1 unspecified atom stereocenters. The zero-order valence-corrected chi connectivity index (χ0v) is 22.4. The van der Waals surface area contributed by atoms with Gasteiger partial charge in [0, 0.05) is 43.2 Å². The Morgan fingerprint density at radius 1 is 0.946 bits per heavy atom.